The summed E-state index contributed by atoms with van der Waals surface area (Å²) in [6.07, 6.45) is 0.950. The van der Waals surface area contributed by atoms with Crippen LogP contribution < -0.4 is 5.32 Å². The van der Waals surface area contributed by atoms with E-state index < -0.39 is 0 Å². The van der Waals surface area contributed by atoms with Crippen molar-refractivity contribution < 1.29 is 9.47 Å². The molecule has 0 amide bonds. The maximum atomic E-state index is 6.12. The van der Waals surface area contributed by atoms with Crippen LogP contribution in [-0.4, -0.2) is 65.6 Å². The molecule has 2 heterocycles. The highest BCUT2D eigenvalue weighted by molar-refractivity contribution is 5.80. The first-order valence-electron chi connectivity index (χ1n) is 10.6. The van der Waals surface area contributed by atoms with Crippen molar-refractivity contribution in [3.05, 3.63) is 46.5 Å². The molecule has 2 aromatic rings. The second kappa shape index (κ2) is 10.5. The molecular weight excluding hydrogens is 380 g/mol. The normalized spacial score (nSPS) is 17.4. The summed E-state index contributed by atoms with van der Waals surface area (Å²) in [5.41, 5.74) is 3.78. The van der Waals surface area contributed by atoms with E-state index in [-0.39, 0.29) is 6.10 Å². The Morgan fingerprint density at radius 3 is 2.83 bits per heavy atom. The molecule has 30 heavy (non-hydrogen) atoms. The van der Waals surface area contributed by atoms with Crippen molar-refractivity contribution in [3.63, 3.8) is 0 Å². The highest BCUT2D eigenvalue weighted by atomic mass is 16.5. The smallest absolute Gasteiger partial charge is 0.194 e. The third-order valence-corrected chi connectivity index (χ3v) is 5.50. The number of nitrogens with one attached hydrogen (secondary N) is 1. The molecule has 0 radical (unpaired) electrons. The van der Waals surface area contributed by atoms with Gasteiger partial charge in [0.05, 0.1) is 13.2 Å². The van der Waals surface area contributed by atoms with E-state index >= 15 is 0 Å². The average molecular weight is 415 g/mol. The monoisotopic (exact) mass is 414 g/mol. The first-order chi connectivity index (χ1) is 14.5. The molecule has 1 N–H and O–H groups in total. The van der Waals surface area contributed by atoms with E-state index in [9.17, 15) is 0 Å². The van der Waals surface area contributed by atoms with E-state index in [0.29, 0.717) is 13.2 Å². The van der Waals surface area contributed by atoms with E-state index in [0.717, 1.165) is 50.3 Å². The lowest BCUT2D eigenvalue weighted by molar-refractivity contribution is -0.00840. The van der Waals surface area contributed by atoms with E-state index in [1.807, 2.05) is 18.5 Å². The van der Waals surface area contributed by atoms with Gasteiger partial charge in [0.2, 0.25) is 0 Å². The summed E-state index contributed by atoms with van der Waals surface area (Å²) >= 11 is 0. The molecule has 1 aliphatic rings. The molecule has 0 bridgehead atoms. The van der Waals surface area contributed by atoms with Crippen LogP contribution in [0.3, 0.4) is 0 Å². The molecule has 0 spiro atoms. The molecule has 1 fully saturated rings. The Labute approximate surface area is 179 Å². The fourth-order valence-electron chi connectivity index (χ4n) is 3.64. The van der Waals surface area contributed by atoms with Gasteiger partial charge in [-0.3, -0.25) is 0 Å². The molecule has 1 unspecified atom stereocenters. The summed E-state index contributed by atoms with van der Waals surface area (Å²) < 4.78 is 13.3. The van der Waals surface area contributed by atoms with Gasteiger partial charge in [-0.2, -0.15) is 0 Å². The van der Waals surface area contributed by atoms with Crippen LogP contribution in [0.5, 0.6) is 0 Å². The molecule has 1 saturated heterocycles. The minimum atomic E-state index is 0.0300. The maximum Gasteiger partial charge on any atom is 0.194 e. The Bertz CT molecular complexity index is 863. The zero-order valence-electron chi connectivity index (χ0n) is 18.8. The highest BCUT2D eigenvalue weighted by Crippen LogP contribution is 2.26. The lowest BCUT2D eigenvalue weighted by atomic mass is 10.00. The number of benzene rings is 1. The predicted molar refractivity (Wildman–Crippen MR) is 118 cm³/mol. The van der Waals surface area contributed by atoms with Crippen molar-refractivity contribution in [1.29, 1.82) is 0 Å². The van der Waals surface area contributed by atoms with E-state index in [2.05, 4.69) is 52.5 Å². The Morgan fingerprint density at radius 2 is 2.13 bits per heavy atom. The molecule has 1 aromatic carbocycles. The Morgan fingerprint density at radius 1 is 1.30 bits per heavy atom. The van der Waals surface area contributed by atoms with Crippen LogP contribution in [-0.2, 0) is 23.1 Å². The van der Waals surface area contributed by atoms with Crippen LogP contribution in [0.4, 0.5) is 0 Å². The first-order valence-corrected chi connectivity index (χ1v) is 10.6. The van der Waals surface area contributed by atoms with Crippen LogP contribution in [0.2, 0.25) is 0 Å². The van der Waals surface area contributed by atoms with Crippen molar-refractivity contribution in [2.24, 2.45) is 12.0 Å². The summed E-state index contributed by atoms with van der Waals surface area (Å²) in [4.78, 5) is 7.15. The van der Waals surface area contributed by atoms with E-state index in [4.69, 9.17) is 14.5 Å². The predicted octanol–water partition coefficient (Wildman–Crippen LogP) is 2.30. The number of nitrogens with zero attached hydrogens (tertiary/aromatic N) is 5. The van der Waals surface area contributed by atoms with Gasteiger partial charge in [0.25, 0.3) is 0 Å². The number of morpholine rings is 1. The second-order valence-corrected chi connectivity index (χ2v) is 7.80. The van der Waals surface area contributed by atoms with Crippen LogP contribution in [0.25, 0.3) is 0 Å². The molecule has 8 nitrogen and oxygen atoms in total. The number of aromatic nitrogens is 3. The van der Waals surface area contributed by atoms with Crippen molar-refractivity contribution >= 4 is 5.96 Å². The molecule has 164 valence electrons. The molecule has 0 saturated carbocycles. The molecule has 1 atom stereocenters. The average Bonchev–Trinajstić information content (AvgIpc) is 3.05. The minimum Gasteiger partial charge on any atom is -0.385 e. The van der Waals surface area contributed by atoms with Gasteiger partial charge in [-0.1, -0.05) is 23.8 Å². The number of aliphatic imine (C=N–C) groups is 1. The largest absolute Gasteiger partial charge is 0.385 e. The van der Waals surface area contributed by atoms with E-state index in [1.165, 1.54) is 16.7 Å². The van der Waals surface area contributed by atoms with Gasteiger partial charge in [0, 0.05) is 33.9 Å². The highest BCUT2D eigenvalue weighted by Gasteiger charge is 2.25. The standard InChI is InChI=1S/C22H34N6O2/c1-16-7-8-19(17(2)13-16)20-15-28(10-12-30-20)22(23-9-6-11-29-5)24-14-21-26-25-18(3)27(21)4/h7-8,13,20H,6,9-12,14-15H2,1-5H3,(H,23,24). The zero-order valence-corrected chi connectivity index (χ0v) is 18.8. The van der Waals surface area contributed by atoms with Crippen LogP contribution in [0.15, 0.2) is 23.2 Å². The van der Waals surface area contributed by atoms with Gasteiger partial charge in [-0.15, -0.1) is 10.2 Å². The number of guanidine groups is 1. The molecule has 3 rings (SSSR count). The van der Waals surface area contributed by atoms with Gasteiger partial charge in [0.15, 0.2) is 11.8 Å². The summed E-state index contributed by atoms with van der Waals surface area (Å²) in [7, 11) is 3.69. The molecule has 1 aliphatic heterocycles. The van der Waals surface area contributed by atoms with Crippen LogP contribution in [0, 0.1) is 20.8 Å². The Kier molecular flexibility index (Phi) is 7.81. The first kappa shape index (κ1) is 22.2. The minimum absolute atomic E-state index is 0.0300. The van der Waals surface area contributed by atoms with E-state index in [1.54, 1.807) is 7.11 Å². The number of hydrogen-bond donors (Lipinski definition) is 1. The van der Waals surface area contributed by atoms with Gasteiger partial charge in [-0.25, -0.2) is 4.99 Å². The summed E-state index contributed by atoms with van der Waals surface area (Å²) in [6, 6.07) is 6.55. The van der Waals surface area contributed by atoms with Gasteiger partial charge >= 0.3 is 0 Å². The van der Waals surface area contributed by atoms with Crippen LogP contribution >= 0.6 is 0 Å². The SMILES string of the molecule is COCCCNC(=NCc1nnc(C)n1C)N1CCOC(c2ccc(C)cc2C)C1. The summed E-state index contributed by atoms with van der Waals surface area (Å²) in [5.74, 6) is 2.61. The summed E-state index contributed by atoms with van der Waals surface area (Å²) in [6.45, 7) is 10.4. The van der Waals surface area contributed by atoms with Crippen LogP contribution in [0.1, 0.15) is 40.9 Å². The maximum absolute atomic E-state index is 6.12. The third kappa shape index (κ3) is 5.58. The number of ether oxygens (including phenoxy) is 2. The second-order valence-electron chi connectivity index (χ2n) is 7.80. The van der Waals surface area contributed by atoms with Gasteiger partial charge in [0.1, 0.15) is 18.5 Å². The Hall–Kier alpha value is -2.45. The molecule has 0 aliphatic carbocycles. The molecule has 8 heteroatoms. The third-order valence-electron chi connectivity index (χ3n) is 5.50. The van der Waals surface area contributed by atoms with Gasteiger partial charge in [-0.05, 0) is 38.3 Å². The number of rotatable bonds is 7. The summed E-state index contributed by atoms with van der Waals surface area (Å²) in [5, 5.41) is 11.9. The van der Waals surface area contributed by atoms with Crippen molar-refractivity contribution in [1.82, 2.24) is 25.0 Å². The topological polar surface area (TPSA) is 76.8 Å². The fourth-order valence-corrected chi connectivity index (χ4v) is 3.64. The Balaban J connectivity index is 1.75. The fraction of sp³-hybridized carbons (Fsp3) is 0.591. The number of aryl methyl sites for hydroxylation is 3. The molecule has 1 aromatic heterocycles. The van der Waals surface area contributed by atoms with Gasteiger partial charge < -0.3 is 24.3 Å². The zero-order chi connectivity index (χ0) is 21.5. The lowest BCUT2D eigenvalue weighted by Crippen LogP contribution is -2.48. The quantitative estimate of drug-likeness (QED) is 0.426. The lowest BCUT2D eigenvalue weighted by Gasteiger charge is -2.36. The van der Waals surface area contributed by atoms with Crippen molar-refractivity contribution in [2.75, 3.05) is 40.0 Å². The molecular formula is C22H34N6O2. The van der Waals surface area contributed by atoms with Crippen molar-refractivity contribution in [3.8, 4) is 0 Å². The number of hydrogen-bond acceptors (Lipinski definition) is 5. The number of methoxy groups -OCH3 is 1. The van der Waals surface area contributed by atoms with Crippen molar-refractivity contribution in [2.45, 2.75) is 39.8 Å².